The van der Waals surface area contributed by atoms with Crippen LogP contribution >= 0.6 is 11.6 Å². The van der Waals surface area contributed by atoms with Crippen molar-refractivity contribution in [2.75, 3.05) is 13.6 Å². The summed E-state index contributed by atoms with van der Waals surface area (Å²) in [5.74, 6) is -0.193. The molecule has 26 heavy (non-hydrogen) atoms. The Kier molecular flexibility index (Phi) is 5.44. The molecule has 1 fully saturated rings. The Hall–Kier alpha value is -2.18. The lowest BCUT2D eigenvalue weighted by molar-refractivity contribution is 0.0686. The van der Waals surface area contributed by atoms with Crippen LogP contribution in [0.2, 0.25) is 5.02 Å². The Bertz CT molecular complexity index is 881. The van der Waals surface area contributed by atoms with Gasteiger partial charge in [-0.1, -0.05) is 24.1 Å². The number of aryl methyl sites for hydroxylation is 1. The van der Waals surface area contributed by atoms with E-state index in [1.165, 1.54) is 16.8 Å². The van der Waals surface area contributed by atoms with Crippen LogP contribution in [0.5, 0.6) is 0 Å². The summed E-state index contributed by atoms with van der Waals surface area (Å²) in [6, 6.07) is 7.94. The van der Waals surface area contributed by atoms with Crippen molar-refractivity contribution in [3.63, 3.8) is 0 Å². The molecule has 138 valence electrons. The van der Waals surface area contributed by atoms with Crippen molar-refractivity contribution >= 4 is 17.5 Å². The first-order chi connectivity index (χ1) is 12.4. The van der Waals surface area contributed by atoms with Crippen LogP contribution in [0.3, 0.4) is 0 Å². The van der Waals surface area contributed by atoms with Crippen molar-refractivity contribution in [3.05, 3.63) is 57.0 Å². The second-order valence-corrected chi connectivity index (χ2v) is 7.25. The number of rotatable bonds is 4. The highest BCUT2D eigenvalue weighted by Gasteiger charge is 2.28. The Morgan fingerprint density at radius 3 is 2.77 bits per heavy atom. The van der Waals surface area contributed by atoms with Crippen LogP contribution in [0.1, 0.15) is 35.3 Å². The maximum Gasteiger partial charge on any atom is 0.274 e. The summed E-state index contributed by atoms with van der Waals surface area (Å²) >= 11 is 6.14. The molecular formula is C19H22ClN3O3. The summed E-state index contributed by atoms with van der Waals surface area (Å²) < 4.78 is 1.18. The van der Waals surface area contributed by atoms with Gasteiger partial charge in [-0.25, -0.2) is 0 Å². The van der Waals surface area contributed by atoms with Crippen LogP contribution < -0.4 is 5.56 Å². The van der Waals surface area contributed by atoms with Gasteiger partial charge < -0.3 is 10.0 Å². The first-order valence-electron chi connectivity index (χ1n) is 8.67. The fourth-order valence-corrected chi connectivity index (χ4v) is 3.46. The normalized spacial score (nSPS) is 19.5. The number of hydrogen-bond donors (Lipinski definition) is 1. The zero-order valence-electron chi connectivity index (χ0n) is 14.9. The molecule has 2 aromatic rings. The summed E-state index contributed by atoms with van der Waals surface area (Å²) in [6.45, 7) is 2.34. The molecule has 0 unspecified atom stereocenters. The van der Waals surface area contributed by atoms with Crippen molar-refractivity contribution < 1.29 is 9.90 Å². The molecule has 2 atom stereocenters. The second-order valence-electron chi connectivity index (χ2n) is 6.85. The number of aromatic nitrogens is 2. The van der Waals surface area contributed by atoms with Gasteiger partial charge in [-0.2, -0.15) is 9.78 Å². The van der Waals surface area contributed by atoms with E-state index in [1.54, 1.807) is 30.1 Å². The van der Waals surface area contributed by atoms with Gasteiger partial charge in [0.25, 0.3) is 11.5 Å². The first kappa shape index (κ1) is 18.6. The molecule has 1 heterocycles. The quantitative estimate of drug-likeness (QED) is 0.890. The summed E-state index contributed by atoms with van der Waals surface area (Å²) in [4.78, 5) is 26.4. The van der Waals surface area contributed by atoms with Crippen LogP contribution in [0, 0.1) is 12.8 Å². The van der Waals surface area contributed by atoms with Crippen LogP contribution in [-0.4, -0.2) is 45.4 Å². The van der Waals surface area contributed by atoms with E-state index < -0.39 is 0 Å². The average Bonchev–Trinajstić information content (AvgIpc) is 3.02. The van der Waals surface area contributed by atoms with E-state index in [0.29, 0.717) is 17.3 Å². The Morgan fingerprint density at radius 2 is 2.12 bits per heavy atom. The topological polar surface area (TPSA) is 75.4 Å². The molecule has 7 heteroatoms. The molecule has 1 aromatic heterocycles. The lowest BCUT2D eigenvalue weighted by Gasteiger charge is -2.23. The number of halogens is 1. The molecule has 6 nitrogen and oxygen atoms in total. The van der Waals surface area contributed by atoms with Gasteiger partial charge in [0.15, 0.2) is 0 Å². The monoisotopic (exact) mass is 375 g/mol. The van der Waals surface area contributed by atoms with Crippen molar-refractivity contribution in [1.82, 2.24) is 14.7 Å². The largest absolute Gasteiger partial charge is 0.393 e. The highest BCUT2D eigenvalue weighted by molar-refractivity contribution is 6.31. The standard InChI is InChI=1S/C19H22ClN3O3/c1-12-6-7-14(10-15(12)20)23-18(25)9-8-16(21-23)19(26)22(2)11-13-4-3-5-17(13)24/h6-10,13,17,24H,3-5,11H2,1-2H3/t13-,17-/m1/s1. The number of carbonyl (C=O) groups is 1. The summed E-state index contributed by atoms with van der Waals surface area (Å²) in [5.41, 5.74) is 1.24. The SMILES string of the molecule is Cc1ccc(-n2nc(C(=O)N(C)C[C@H]3CCC[C@H]3O)ccc2=O)cc1Cl. The molecule has 1 aromatic carbocycles. The van der Waals surface area contributed by atoms with Gasteiger partial charge in [0.1, 0.15) is 5.69 Å². The van der Waals surface area contributed by atoms with Crippen molar-refractivity contribution in [1.29, 1.82) is 0 Å². The lowest BCUT2D eigenvalue weighted by Crippen LogP contribution is -2.36. The first-order valence-corrected chi connectivity index (χ1v) is 9.05. The number of aliphatic hydroxyl groups is 1. The molecule has 1 N–H and O–H groups in total. The van der Waals surface area contributed by atoms with Crippen molar-refractivity contribution in [2.45, 2.75) is 32.3 Å². The maximum atomic E-state index is 12.7. The number of carbonyl (C=O) groups excluding carboxylic acids is 1. The molecule has 1 aliphatic rings. The minimum atomic E-state index is -0.359. The second kappa shape index (κ2) is 7.60. The Morgan fingerprint density at radius 1 is 1.35 bits per heavy atom. The van der Waals surface area contributed by atoms with Crippen LogP contribution in [0.4, 0.5) is 0 Å². The third-order valence-electron chi connectivity index (χ3n) is 4.89. The predicted molar refractivity (Wildman–Crippen MR) is 99.9 cm³/mol. The lowest BCUT2D eigenvalue weighted by atomic mass is 10.1. The van der Waals surface area contributed by atoms with E-state index in [1.807, 2.05) is 6.92 Å². The van der Waals surface area contributed by atoms with Gasteiger partial charge in [0, 0.05) is 30.6 Å². The minimum absolute atomic E-state index is 0.0887. The van der Waals surface area contributed by atoms with Gasteiger partial charge >= 0.3 is 0 Å². The predicted octanol–water partition coefficient (Wildman–Crippen LogP) is 2.43. The summed E-state index contributed by atoms with van der Waals surface area (Å²) in [6.07, 6.45) is 2.31. The highest BCUT2D eigenvalue weighted by Crippen LogP contribution is 2.26. The Balaban J connectivity index is 1.85. The molecule has 1 amide bonds. The summed E-state index contributed by atoms with van der Waals surface area (Å²) in [5, 5.41) is 14.7. The van der Waals surface area contributed by atoms with E-state index >= 15 is 0 Å². The van der Waals surface area contributed by atoms with Crippen LogP contribution in [0.25, 0.3) is 5.69 Å². The number of hydrogen-bond acceptors (Lipinski definition) is 4. The van der Waals surface area contributed by atoms with Crippen molar-refractivity contribution in [2.24, 2.45) is 5.92 Å². The number of aliphatic hydroxyl groups excluding tert-OH is 1. The molecule has 0 spiro atoms. The fourth-order valence-electron chi connectivity index (χ4n) is 3.28. The van der Waals surface area contributed by atoms with Crippen molar-refractivity contribution in [3.8, 4) is 5.69 Å². The molecule has 0 aliphatic heterocycles. The van der Waals surface area contributed by atoms with Gasteiger partial charge in [-0.15, -0.1) is 0 Å². The molecular weight excluding hydrogens is 354 g/mol. The van der Waals surface area contributed by atoms with E-state index in [2.05, 4.69) is 5.10 Å². The molecule has 1 saturated carbocycles. The van der Waals surface area contributed by atoms with E-state index in [0.717, 1.165) is 24.8 Å². The summed E-state index contributed by atoms with van der Waals surface area (Å²) in [7, 11) is 1.69. The van der Waals surface area contributed by atoms with Gasteiger partial charge in [0.05, 0.1) is 11.8 Å². The third-order valence-corrected chi connectivity index (χ3v) is 5.30. The zero-order valence-corrected chi connectivity index (χ0v) is 15.6. The van der Waals surface area contributed by atoms with Gasteiger partial charge in [-0.05, 0) is 43.5 Å². The zero-order chi connectivity index (χ0) is 18.8. The molecule has 0 radical (unpaired) electrons. The molecule has 3 rings (SSSR count). The minimum Gasteiger partial charge on any atom is -0.393 e. The molecule has 1 aliphatic carbocycles. The maximum absolute atomic E-state index is 12.7. The Labute approximate surface area is 157 Å². The van der Waals surface area contributed by atoms with E-state index in [4.69, 9.17) is 11.6 Å². The molecule has 0 bridgehead atoms. The van der Waals surface area contributed by atoms with Gasteiger partial charge in [-0.3, -0.25) is 9.59 Å². The van der Waals surface area contributed by atoms with E-state index in [9.17, 15) is 14.7 Å². The van der Waals surface area contributed by atoms with Gasteiger partial charge in [0.2, 0.25) is 0 Å². The number of nitrogens with zero attached hydrogens (tertiary/aromatic N) is 3. The highest BCUT2D eigenvalue weighted by atomic mass is 35.5. The van der Waals surface area contributed by atoms with Crippen LogP contribution in [-0.2, 0) is 0 Å². The third kappa shape index (κ3) is 3.81. The number of amides is 1. The average molecular weight is 376 g/mol. The number of benzene rings is 1. The van der Waals surface area contributed by atoms with E-state index in [-0.39, 0.29) is 29.2 Å². The molecule has 0 saturated heterocycles. The van der Waals surface area contributed by atoms with Crippen LogP contribution in [0.15, 0.2) is 35.1 Å². The smallest absolute Gasteiger partial charge is 0.274 e. The fraction of sp³-hybridized carbons (Fsp3) is 0.421.